The first kappa shape index (κ1) is 28.6. The summed E-state index contributed by atoms with van der Waals surface area (Å²) in [7, 11) is 1.43. The number of carbonyl (C=O) groups excluding carboxylic acids is 2. The Bertz CT molecular complexity index is 1290. The van der Waals surface area contributed by atoms with Crippen molar-refractivity contribution in [2.75, 3.05) is 7.11 Å². The number of amides is 1. The standard InChI is InChI=1S/C34H44N4O4/c1-41-33(40)31-21-24-12-8-9-15-30(24)38(31)32(39)19-18-29(23-10-4-2-5-11-23)37-22-25-20-27(16-17-28(25)36-34(37)35)42-26-13-6-3-7-14-26/h3,6-7,13-14,16-17,20,23-24,29-31H,2,4-5,8-12,15,18-19,21-22H2,1H3,(H2,35,36)/t24?,29-,30?,31-/m0/s1. The molecule has 2 heterocycles. The van der Waals surface area contributed by atoms with E-state index in [1.54, 1.807) is 0 Å². The number of rotatable bonds is 8. The van der Waals surface area contributed by atoms with Crippen LogP contribution in [0, 0.1) is 11.8 Å². The highest BCUT2D eigenvalue weighted by atomic mass is 16.5. The number of aliphatic imine (C=N–C) groups is 1. The van der Waals surface area contributed by atoms with Crippen molar-refractivity contribution in [1.29, 1.82) is 0 Å². The molecule has 1 saturated heterocycles. The maximum absolute atomic E-state index is 13.9. The highest BCUT2D eigenvalue weighted by Gasteiger charge is 2.48. The van der Waals surface area contributed by atoms with Gasteiger partial charge in [0.2, 0.25) is 5.91 Å². The number of likely N-dealkylation sites (tertiary alicyclic amines) is 1. The van der Waals surface area contributed by atoms with Gasteiger partial charge >= 0.3 is 5.97 Å². The Morgan fingerprint density at radius 3 is 2.52 bits per heavy atom. The van der Waals surface area contributed by atoms with Gasteiger partial charge in [-0.2, -0.15) is 0 Å². The summed E-state index contributed by atoms with van der Waals surface area (Å²) < 4.78 is 11.3. The van der Waals surface area contributed by atoms with E-state index >= 15 is 0 Å². The van der Waals surface area contributed by atoms with Gasteiger partial charge in [-0.3, -0.25) is 4.79 Å². The first-order chi connectivity index (χ1) is 20.5. The number of benzene rings is 2. The number of hydrogen-bond acceptors (Lipinski definition) is 7. The summed E-state index contributed by atoms with van der Waals surface area (Å²) >= 11 is 0. The number of nitrogens with zero attached hydrogens (tertiary/aromatic N) is 3. The third kappa shape index (κ3) is 5.99. The van der Waals surface area contributed by atoms with Crippen LogP contribution in [-0.4, -0.2) is 52.9 Å². The van der Waals surface area contributed by atoms with Gasteiger partial charge in [-0.25, -0.2) is 9.79 Å². The first-order valence-electron chi connectivity index (χ1n) is 15.9. The Morgan fingerprint density at radius 1 is 0.976 bits per heavy atom. The fourth-order valence-electron chi connectivity index (χ4n) is 7.96. The summed E-state index contributed by atoms with van der Waals surface area (Å²) in [5.74, 6) is 2.72. The molecule has 4 atom stereocenters. The fraction of sp³-hybridized carbons (Fsp3) is 0.559. The van der Waals surface area contributed by atoms with Crippen LogP contribution >= 0.6 is 0 Å². The van der Waals surface area contributed by atoms with Crippen LogP contribution in [0.4, 0.5) is 5.69 Å². The highest BCUT2D eigenvalue weighted by Crippen LogP contribution is 2.41. The van der Waals surface area contributed by atoms with Crippen LogP contribution in [0.15, 0.2) is 53.5 Å². The van der Waals surface area contributed by atoms with Gasteiger partial charge in [0.15, 0.2) is 5.96 Å². The molecule has 6 rings (SSSR count). The molecule has 2 aromatic rings. The van der Waals surface area contributed by atoms with E-state index in [-0.39, 0.29) is 24.0 Å². The molecule has 0 radical (unpaired) electrons. The average Bonchev–Trinajstić information content (AvgIpc) is 3.42. The molecule has 2 unspecified atom stereocenters. The molecule has 42 heavy (non-hydrogen) atoms. The zero-order chi connectivity index (χ0) is 29.1. The summed E-state index contributed by atoms with van der Waals surface area (Å²) in [5.41, 5.74) is 8.58. The SMILES string of the molecule is COC(=O)[C@@H]1CC2CCCCC2N1C(=O)CC[C@@H](C1CCCCC1)N1Cc2cc(Oc3ccccc3)ccc2N=C1N. The predicted octanol–water partition coefficient (Wildman–Crippen LogP) is 6.30. The van der Waals surface area contributed by atoms with Gasteiger partial charge in [-0.05, 0) is 80.7 Å². The molecule has 0 bridgehead atoms. The zero-order valence-corrected chi connectivity index (χ0v) is 24.7. The van der Waals surface area contributed by atoms with Gasteiger partial charge in [0.05, 0.1) is 12.8 Å². The number of para-hydroxylation sites is 1. The largest absolute Gasteiger partial charge is 0.467 e. The fourth-order valence-corrected chi connectivity index (χ4v) is 7.96. The number of hydrogen-bond donors (Lipinski definition) is 1. The Morgan fingerprint density at radius 2 is 1.74 bits per heavy atom. The van der Waals surface area contributed by atoms with Gasteiger partial charge in [-0.15, -0.1) is 0 Å². The lowest BCUT2D eigenvalue weighted by Gasteiger charge is -2.41. The Hall–Kier alpha value is -3.55. The molecule has 8 heteroatoms. The van der Waals surface area contributed by atoms with Crippen molar-refractivity contribution in [3.8, 4) is 11.5 Å². The topological polar surface area (TPSA) is 97.5 Å². The monoisotopic (exact) mass is 572 g/mol. The highest BCUT2D eigenvalue weighted by molar-refractivity contribution is 5.86. The van der Waals surface area contributed by atoms with Crippen molar-refractivity contribution in [2.24, 2.45) is 22.6 Å². The van der Waals surface area contributed by atoms with E-state index in [0.29, 0.717) is 37.2 Å². The van der Waals surface area contributed by atoms with Gasteiger partial charge in [0, 0.05) is 30.6 Å². The second kappa shape index (κ2) is 12.8. The lowest BCUT2D eigenvalue weighted by molar-refractivity contribution is -0.152. The van der Waals surface area contributed by atoms with E-state index in [4.69, 9.17) is 20.2 Å². The molecule has 2 N–H and O–H groups in total. The van der Waals surface area contributed by atoms with Crippen molar-refractivity contribution >= 4 is 23.5 Å². The number of nitrogens with two attached hydrogens (primary N) is 1. The summed E-state index contributed by atoms with van der Waals surface area (Å²) in [5, 5.41) is 0. The predicted molar refractivity (Wildman–Crippen MR) is 162 cm³/mol. The molecule has 224 valence electrons. The van der Waals surface area contributed by atoms with Gasteiger partial charge in [0.25, 0.3) is 0 Å². The van der Waals surface area contributed by atoms with Gasteiger partial charge < -0.3 is 25.0 Å². The summed E-state index contributed by atoms with van der Waals surface area (Å²) in [4.78, 5) is 35.6. The third-order valence-electron chi connectivity index (χ3n) is 10.00. The lowest BCUT2D eigenvalue weighted by atomic mass is 9.81. The smallest absolute Gasteiger partial charge is 0.328 e. The van der Waals surface area contributed by atoms with Crippen LogP contribution < -0.4 is 10.5 Å². The van der Waals surface area contributed by atoms with E-state index in [9.17, 15) is 9.59 Å². The Kier molecular flexibility index (Phi) is 8.68. The quantitative estimate of drug-likeness (QED) is 0.373. The number of carbonyl (C=O) groups is 2. The second-order valence-electron chi connectivity index (χ2n) is 12.5. The molecule has 8 nitrogen and oxygen atoms in total. The zero-order valence-electron chi connectivity index (χ0n) is 24.7. The molecule has 3 fully saturated rings. The minimum Gasteiger partial charge on any atom is -0.467 e. The number of fused-ring (bicyclic) bond motifs is 2. The van der Waals surface area contributed by atoms with Crippen molar-refractivity contribution in [3.63, 3.8) is 0 Å². The molecule has 2 saturated carbocycles. The molecule has 0 aromatic heterocycles. The minimum absolute atomic E-state index is 0.0760. The molecule has 4 aliphatic rings. The maximum atomic E-state index is 13.9. The molecule has 2 aromatic carbocycles. The van der Waals surface area contributed by atoms with Gasteiger partial charge in [0.1, 0.15) is 17.5 Å². The van der Waals surface area contributed by atoms with Crippen LogP contribution in [0.2, 0.25) is 0 Å². The van der Waals surface area contributed by atoms with Crippen LogP contribution in [0.5, 0.6) is 11.5 Å². The van der Waals surface area contributed by atoms with Crippen LogP contribution in [-0.2, 0) is 20.9 Å². The molecular formula is C34H44N4O4. The van der Waals surface area contributed by atoms with Crippen molar-refractivity contribution in [2.45, 2.75) is 102 Å². The van der Waals surface area contributed by atoms with Crippen LogP contribution in [0.25, 0.3) is 0 Å². The third-order valence-corrected chi connectivity index (χ3v) is 10.00. The van der Waals surface area contributed by atoms with Gasteiger partial charge in [-0.1, -0.05) is 50.3 Å². The number of esters is 1. The minimum atomic E-state index is -0.458. The van der Waals surface area contributed by atoms with E-state index in [1.807, 2.05) is 47.4 Å². The Labute approximate surface area is 249 Å². The van der Waals surface area contributed by atoms with E-state index in [1.165, 1.54) is 32.8 Å². The summed E-state index contributed by atoms with van der Waals surface area (Å²) in [6, 6.07) is 15.5. The van der Waals surface area contributed by atoms with E-state index < -0.39 is 6.04 Å². The van der Waals surface area contributed by atoms with E-state index in [0.717, 1.165) is 61.3 Å². The molecular weight excluding hydrogens is 528 g/mol. The Balaban J connectivity index is 1.21. The average molecular weight is 573 g/mol. The molecule has 1 amide bonds. The van der Waals surface area contributed by atoms with Crippen molar-refractivity contribution < 1.29 is 19.1 Å². The molecule has 0 spiro atoms. The summed E-state index contributed by atoms with van der Waals surface area (Å²) in [6.45, 7) is 0.630. The summed E-state index contributed by atoms with van der Waals surface area (Å²) in [6.07, 6.45) is 12.1. The first-order valence-corrected chi connectivity index (χ1v) is 15.9. The second-order valence-corrected chi connectivity index (χ2v) is 12.5. The van der Waals surface area contributed by atoms with Crippen molar-refractivity contribution in [1.82, 2.24) is 9.80 Å². The molecule has 2 aliphatic heterocycles. The normalized spacial score (nSPS) is 24.8. The number of methoxy groups -OCH3 is 1. The van der Waals surface area contributed by atoms with E-state index in [2.05, 4.69) is 11.0 Å². The van der Waals surface area contributed by atoms with Crippen LogP contribution in [0.1, 0.15) is 82.6 Å². The van der Waals surface area contributed by atoms with Crippen molar-refractivity contribution in [3.05, 3.63) is 54.1 Å². The molecule has 2 aliphatic carbocycles. The number of guanidine groups is 1. The maximum Gasteiger partial charge on any atom is 0.328 e. The lowest BCUT2D eigenvalue weighted by Crippen LogP contribution is -2.50. The van der Waals surface area contributed by atoms with Crippen LogP contribution in [0.3, 0.4) is 0 Å². The number of ether oxygens (including phenoxy) is 2.